The number of halogens is 1. The molecule has 0 unspecified atom stereocenters. The number of phenols is 1. The Kier molecular flexibility index (Phi) is 9.36. The smallest absolute Gasteiger partial charge is 0.412 e. The number of ether oxygens (including phenoxy) is 2. The van der Waals surface area contributed by atoms with Gasteiger partial charge in [0.2, 0.25) is 0 Å². The second-order valence-corrected chi connectivity index (χ2v) is 7.74. The molecular formula is C22H25BrN2O6. The van der Waals surface area contributed by atoms with Crippen LogP contribution in [0, 0.1) is 5.92 Å². The van der Waals surface area contributed by atoms with Crippen molar-refractivity contribution in [1.82, 2.24) is 5.48 Å². The molecule has 166 valence electrons. The fourth-order valence-corrected chi connectivity index (χ4v) is 3.20. The van der Waals surface area contributed by atoms with Crippen LogP contribution in [-0.2, 0) is 9.53 Å². The van der Waals surface area contributed by atoms with Crippen LogP contribution in [-0.4, -0.2) is 29.4 Å². The summed E-state index contributed by atoms with van der Waals surface area (Å²) in [5, 5.41) is 21.4. The van der Waals surface area contributed by atoms with Gasteiger partial charge in [-0.2, -0.15) is 0 Å². The number of amides is 2. The van der Waals surface area contributed by atoms with Gasteiger partial charge in [-0.3, -0.25) is 15.3 Å². The van der Waals surface area contributed by atoms with Crippen LogP contribution in [0.5, 0.6) is 11.5 Å². The third-order valence-electron chi connectivity index (χ3n) is 4.54. The molecule has 0 heterocycles. The molecule has 9 heteroatoms. The van der Waals surface area contributed by atoms with Crippen LogP contribution in [0.25, 0.3) is 0 Å². The van der Waals surface area contributed by atoms with E-state index in [4.69, 9.17) is 14.7 Å². The number of nitrogens with one attached hydrogen (secondary N) is 2. The molecule has 2 atom stereocenters. The third kappa shape index (κ3) is 7.62. The molecule has 0 saturated carbocycles. The lowest BCUT2D eigenvalue weighted by Crippen LogP contribution is -2.22. The predicted octanol–water partition coefficient (Wildman–Crippen LogP) is 4.93. The largest absolute Gasteiger partial charge is 0.504 e. The van der Waals surface area contributed by atoms with Gasteiger partial charge in [0.1, 0.15) is 6.10 Å². The Hall–Kier alpha value is -3.04. The van der Waals surface area contributed by atoms with Gasteiger partial charge >= 0.3 is 6.09 Å². The maximum Gasteiger partial charge on any atom is 0.412 e. The Morgan fingerprint density at radius 2 is 1.90 bits per heavy atom. The Morgan fingerprint density at radius 3 is 2.52 bits per heavy atom. The van der Waals surface area contributed by atoms with Gasteiger partial charge in [-0.25, -0.2) is 10.3 Å². The van der Waals surface area contributed by atoms with Crippen molar-refractivity contribution in [3.8, 4) is 11.5 Å². The zero-order valence-corrected chi connectivity index (χ0v) is 18.8. The molecule has 0 aliphatic carbocycles. The van der Waals surface area contributed by atoms with Gasteiger partial charge in [-0.15, -0.1) is 0 Å². The first-order valence-corrected chi connectivity index (χ1v) is 10.3. The first kappa shape index (κ1) is 24.2. The number of rotatable bonds is 9. The summed E-state index contributed by atoms with van der Waals surface area (Å²) >= 11 is 3.34. The van der Waals surface area contributed by atoms with Crippen molar-refractivity contribution in [1.29, 1.82) is 0 Å². The number of methoxy groups -OCH3 is 1. The summed E-state index contributed by atoms with van der Waals surface area (Å²) in [5.41, 5.74) is 2.71. The van der Waals surface area contributed by atoms with E-state index in [1.165, 1.54) is 24.7 Å². The Balaban J connectivity index is 2.15. The zero-order chi connectivity index (χ0) is 22.8. The van der Waals surface area contributed by atoms with E-state index >= 15 is 0 Å². The van der Waals surface area contributed by atoms with Gasteiger partial charge in [-0.1, -0.05) is 35.0 Å². The average molecular weight is 493 g/mol. The first-order valence-electron chi connectivity index (χ1n) is 9.54. The summed E-state index contributed by atoms with van der Waals surface area (Å²) in [6, 6.07) is 11.9. The van der Waals surface area contributed by atoms with Crippen molar-refractivity contribution < 1.29 is 29.4 Å². The summed E-state index contributed by atoms with van der Waals surface area (Å²) in [7, 11) is 1.45. The van der Waals surface area contributed by atoms with E-state index in [0.717, 1.165) is 4.47 Å². The average Bonchev–Trinajstić information content (AvgIpc) is 2.76. The number of hydrogen-bond donors (Lipinski definition) is 4. The normalized spacial score (nSPS) is 12.8. The quantitative estimate of drug-likeness (QED) is 0.224. The van der Waals surface area contributed by atoms with Gasteiger partial charge in [0, 0.05) is 16.2 Å². The molecule has 2 aromatic carbocycles. The first-order chi connectivity index (χ1) is 14.8. The maximum atomic E-state index is 12.5. The number of hydroxylamine groups is 1. The van der Waals surface area contributed by atoms with Gasteiger partial charge in [-0.05, 0) is 60.7 Å². The highest BCUT2D eigenvalue weighted by atomic mass is 79.9. The summed E-state index contributed by atoms with van der Waals surface area (Å²) < 4.78 is 11.7. The van der Waals surface area contributed by atoms with Crippen LogP contribution in [0.1, 0.15) is 31.4 Å². The Morgan fingerprint density at radius 1 is 1.19 bits per heavy atom. The predicted molar refractivity (Wildman–Crippen MR) is 119 cm³/mol. The summed E-state index contributed by atoms with van der Waals surface area (Å²) in [5.74, 6) is -0.513. The fraction of sp³-hybridized carbons (Fsp3) is 0.273. The van der Waals surface area contributed by atoms with Crippen LogP contribution < -0.4 is 15.5 Å². The van der Waals surface area contributed by atoms with E-state index in [-0.39, 0.29) is 11.7 Å². The van der Waals surface area contributed by atoms with Crippen molar-refractivity contribution >= 4 is 33.6 Å². The molecular weight excluding hydrogens is 468 g/mol. The Bertz CT molecular complexity index is 917. The molecule has 2 rings (SSSR count). The van der Waals surface area contributed by atoms with Crippen molar-refractivity contribution in [3.05, 3.63) is 64.7 Å². The van der Waals surface area contributed by atoms with Crippen LogP contribution in [0.3, 0.4) is 0 Å². The molecule has 0 spiro atoms. The van der Waals surface area contributed by atoms with Crippen molar-refractivity contribution in [2.45, 2.75) is 25.9 Å². The minimum absolute atomic E-state index is 0.0615. The highest BCUT2D eigenvalue weighted by Crippen LogP contribution is 2.35. The third-order valence-corrected chi connectivity index (χ3v) is 5.07. The number of hydrogen-bond acceptors (Lipinski definition) is 6. The van der Waals surface area contributed by atoms with Crippen molar-refractivity contribution in [3.63, 3.8) is 0 Å². The monoisotopic (exact) mass is 492 g/mol. The number of phenolic OH excluding ortho intramolecular Hbond substituents is 1. The van der Waals surface area contributed by atoms with Gasteiger partial charge < -0.3 is 14.6 Å². The van der Waals surface area contributed by atoms with E-state index in [2.05, 4.69) is 21.2 Å². The van der Waals surface area contributed by atoms with Gasteiger partial charge in [0.25, 0.3) is 5.91 Å². The minimum atomic E-state index is -0.660. The molecule has 0 bridgehead atoms. The fourth-order valence-electron chi connectivity index (χ4n) is 2.93. The number of benzene rings is 2. The topological polar surface area (TPSA) is 117 Å². The van der Waals surface area contributed by atoms with Crippen LogP contribution in [0.15, 0.2) is 59.1 Å². The van der Waals surface area contributed by atoms with Crippen LogP contribution >= 0.6 is 15.9 Å². The molecule has 31 heavy (non-hydrogen) atoms. The molecule has 4 N–H and O–H groups in total. The maximum absolute atomic E-state index is 12.5. The zero-order valence-electron chi connectivity index (χ0n) is 17.2. The van der Waals surface area contributed by atoms with Crippen molar-refractivity contribution in [2.75, 3.05) is 12.4 Å². The summed E-state index contributed by atoms with van der Waals surface area (Å²) in [4.78, 5) is 23.6. The molecule has 2 amide bonds. The molecule has 0 radical (unpaired) electrons. The number of carbonyl (C=O) groups excluding carboxylic acids is 2. The number of anilines is 1. The van der Waals surface area contributed by atoms with Gasteiger partial charge in [0.05, 0.1) is 7.11 Å². The van der Waals surface area contributed by atoms with E-state index in [1.807, 2.05) is 6.92 Å². The molecule has 0 fully saturated rings. The molecule has 8 nitrogen and oxygen atoms in total. The lowest BCUT2D eigenvalue weighted by Gasteiger charge is -2.25. The number of aromatic hydroxyl groups is 1. The minimum Gasteiger partial charge on any atom is -0.504 e. The van der Waals surface area contributed by atoms with Crippen molar-refractivity contribution in [2.24, 2.45) is 5.92 Å². The second-order valence-electron chi connectivity index (χ2n) is 6.82. The standard InChI is InChI=1S/C22H25BrN2O6/c1-14(5-3-4-6-20(27)25-29)21(15-7-12-19(30-2)18(26)13-15)31-22(28)24-17-10-8-16(23)9-11-17/h4,6-14,21,26,29H,3,5H2,1-2H3,(H,24,28)(H,25,27)/b6-4+/t14-,21+/m0/s1. The highest BCUT2D eigenvalue weighted by Gasteiger charge is 2.24. The number of allylic oxidation sites excluding steroid dienone is 1. The second kappa shape index (κ2) is 12.0. The lowest BCUT2D eigenvalue weighted by atomic mass is 9.92. The SMILES string of the molecule is COc1ccc([C@H](OC(=O)Nc2ccc(Br)cc2)[C@@H](C)CC/C=C/C(=O)NO)cc1O. The molecule has 0 aliphatic heterocycles. The van der Waals surface area contributed by atoms with E-state index in [1.54, 1.807) is 42.5 Å². The summed E-state index contributed by atoms with van der Waals surface area (Å²) in [6.07, 6.45) is 2.65. The molecule has 0 saturated heterocycles. The molecule has 2 aromatic rings. The number of carbonyl (C=O) groups is 2. The van der Waals surface area contributed by atoms with E-state index in [9.17, 15) is 14.7 Å². The van der Waals surface area contributed by atoms with Crippen LogP contribution in [0.2, 0.25) is 0 Å². The summed E-state index contributed by atoms with van der Waals surface area (Å²) in [6.45, 7) is 1.90. The van der Waals surface area contributed by atoms with E-state index in [0.29, 0.717) is 29.8 Å². The van der Waals surface area contributed by atoms with Crippen LogP contribution in [0.4, 0.5) is 10.5 Å². The molecule has 0 aliphatic rings. The Labute approximate surface area is 189 Å². The van der Waals surface area contributed by atoms with E-state index < -0.39 is 18.1 Å². The molecule has 0 aromatic heterocycles. The van der Waals surface area contributed by atoms with Gasteiger partial charge in [0.15, 0.2) is 11.5 Å². The highest BCUT2D eigenvalue weighted by molar-refractivity contribution is 9.10. The lowest BCUT2D eigenvalue weighted by molar-refractivity contribution is -0.124.